The number of rotatable bonds is 1. The van der Waals surface area contributed by atoms with Gasteiger partial charge in [0.15, 0.2) is 0 Å². The van der Waals surface area contributed by atoms with E-state index >= 15 is 0 Å². The van der Waals surface area contributed by atoms with Crippen LogP contribution in [0.1, 0.15) is 2.85 Å². The summed E-state index contributed by atoms with van der Waals surface area (Å²) in [5.41, 5.74) is 0. The van der Waals surface area contributed by atoms with Crippen molar-refractivity contribution in [1.82, 2.24) is 0 Å². The van der Waals surface area contributed by atoms with Crippen LogP contribution in [-0.2, 0) is 4.79 Å². The van der Waals surface area contributed by atoms with Crippen LogP contribution >= 0.6 is 15.9 Å². The third-order valence-electron chi connectivity index (χ3n) is 0.243. The van der Waals surface area contributed by atoms with Gasteiger partial charge in [-0.05, 0) is 0 Å². The molecule has 0 aliphatic heterocycles. The number of halogens is 3. The maximum atomic E-state index is 11.2. The summed E-state index contributed by atoms with van der Waals surface area (Å²) in [5.74, 6) is -2.17. The molecule has 0 amide bonds. The molecular formula is C2H3BrF2KNaO2. The van der Waals surface area contributed by atoms with Gasteiger partial charge in [-0.1, -0.05) is 0 Å². The smallest absolute Gasteiger partial charge is 1.00 e. The summed E-state index contributed by atoms with van der Waals surface area (Å²) in [4.78, 5) is 5.45. The van der Waals surface area contributed by atoms with Gasteiger partial charge in [0.05, 0.1) is 0 Å². The summed E-state index contributed by atoms with van der Waals surface area (Å²) in [5, 5.41) is 7.45. The first-order valence-corrected chi connectivity index (χ1v) is 2.04. The van der Waals surface area contributed by atoms with E-state index in [1.54, 1.807) is 15.9 Å². The minimum absolute atomic E-state index is 0. The topological polar surface area (TPSA) is 37.3 Å². The van der Waals surface area contributed by atoms with Crippen LogP contribution in [0, 0.1) is 0 Å². The fraction of sp³-hybridized carbons (Fsp3) is 0.500. The van der Waals surface area contributed by atoms with E-state index in [-0.39, 0.29) is 83.8 Å². The molecule has 0 radical (unpaired) electrons. The molecular weight excluding hydrogens is 236 g/mol. The van der Waals surface area contributed by atoms with Crippen molar-refractivity contribution in [2.45, 2.75) is 4.83 Å². The Morgan fingerprint density at radius 3 is 1.78 bits per heavy atom. The number of carboxylic acid groups (broad SMARTS) is 1. The molecule has 7 heteroatoms. The van der Waals surface area contributed by atoms with Crippen molar-refractivity contribution in [3.63, 3.8) is 0 Å². The molecule has 0 spiro atoms. The zero-order valence-corrected chi connectivity index (χ0v) is 11.7. The Labute approximate surface area is 127 Å². The molecule has 0 rings (SSSR count). The van der Waals surface area contributed by atoms with Crippen LogP contribution in [0.15, 0.2) is 0 Å². The third-order valence-corrected chi connectivity index (χ3v) is 0.582. The maximum Gasteiger partial charge on any atom is 1.00 e. The summed E-state index contributed by atoms with van der Waals surface area (Å²) in [6.07, 6.45) is 0. The molecule has 2 nitrogen and oxygen atoms in total. The minimum atomic E-state index is -3.77. The Hall–Kier alpha value is 2.45. The van der Waals surface area contributed by atoms with Crippen molar-refractivity contribution in [1.29, 1.82) is 0 Å². The number of aliphatic carboxylic acids is 1. The molecule has 0 heterocycles. The molecule has 0 saturated heterocycles. The largest absolute Gasteiger partial charge is 1.00 e. The first-order valence-electron chi connectivity index (χ1n) is 1.24. The molecule has 9 heavy (non-hydrogen) atoms. The van der Waals surface area contributed by atoms with Gasteiger partial charge in [-0.3, -0.25) is 0 Å². The molecule has 1 N–H and O–H groups in total. The van der Waals surface area contributed by atoms with Gasteiger partial charge >= 0.3 is 91.7 Å². The number of hydrogen-bond acceptors (Lipinski definition) is 1. The van der Waals surface area contributed by atoms with E-state index in [9.17, 15) is 13.6 Å². The first kappa shape index (κ1) is 17.5. The quantitative estimate of drug-likeness (QED) is 0.369. The van der Waals surface area contributed by atoms with Gasteiger partial charge in [0.25, 0.3) is 0 Å². The van der Waals surface area contributed by atoms with Crippen LogP contribution in [-0.4, -0.2) is 15.9 Å². The Bertz CT molecular complexity index is 103. The Morgan fingerprint density at radius 1 is 1.67 bits per heavy atom. The molecule has 0 aromatic rings. The van der Waals surface area contributed by atoms with Crippen LogP contribution in [0.25, 0.3) is 0 Å². The van der Waals surface area contributed by atoms with Gasteiger partial charge in [0.2, 0.25) is 0 Å². The summed E-state index contributed by atoms with van der Waals surface area (Å²) in [7, 11) is 0. The molecule has 0 saturated carbocycles. The molecule has 0 fully saturated rings. The van der Waals surface area contributed by atoms with Crippen LogP contribution in [0.3, 0.4) is 0 Å². The van der Waals surface area contributed by atoms with Gasteiger partial charge in [-0.2, -0.15) is 8.78 Å². The summed E-state index contributed by atoms with van der Waals surface area (Å²) in [6.45, 7) is 0. The second-order valence-electron chi connectivity index (χ2n) is 0.803. The van der Waals surface area contributed by atoms with E-state index in [4.69, 9.17) is 5.11 Å². The predicted molar refractivity (Wildman–Crippen MR) is 23.7 cm³/mol. The van der Waals surface area contributed by atoms with Gasteiger partial charge in [-0.25, -0.2) is 4.79 Å². The van der Waals surface area contributed by atoms with Crippen molar-refractivity contribution in [2.75, 3.05) is 0 Å². The van der Waals surface area contributed by atoms with Gasteiger partial charge < -0.3 is 7.96 Å². The fourth-order valence-electron chi connectivity index (χ4n) is 0. The second-order valence-corrected chi connectivity index (χ2v) is 1.80. The Balaban J connectivity index is -0.0000000300. The predicted octanol–water partition coefficient (Wildman–Crippen LogP) is -4.71. The van der Waals surface area contributed by atoms with Crippen LogP contribution in [0.4, 0.5) is 8.78 Å². The van der Waals surface area contributed by atoms with Crippen molar-refractivity contribution < 1.29 is 102 Å². The van der Waals surface area contributed by atoms with Crippen LogP contribution < -0.4 is 80.9 Å². The molecule has 0 aromatic carbocycles. The maximum absolute atomic E-state index is 11.2. The monoisotopic (exact) mass is 238 g/mol. The SMILES string of the molecule is O=C(O)C(F)(F)Br.[H-].[H-].[K+].[Na+]. The van der Waals surface area contributed by atoms with Crippen LogP contribution in [0.5, 0.6) is 0 Å². The van der Waals surface area contributed by atoms with Gasteiger partial charge in [0.1, 0.15) is 0 Å². The minimum Gasteiger partial charge on any atom is -1.00 e. The molecule has 0 aliphatic carbocycles. The van der Waals surface area contributed by atoms with Crippen molar-refractivity contribution >= 4 is 21.9 Å². The molecule has 0 aromatic heterocycles. The number of alkyl halides is 3. The second kappa shape index (κ2) is 7.11. The number of carbonyl (C=O) groups is 1. The molecule has 0 aliphatic rings. The molecule has 0 atom stereocenters. The first-order chi connectivity index (χ1) is 2.94. The van der Waals surface area contributed by atoms with E-state index < -0.39 is 10.8 Å². The van der Waals surface area contributed by atoms with E-state index in [0.29, 0.717) is 0 Å². The van der Waals surface area contributed by atoms with Crippen LogP contribution in [0.2, 0.25) is 0 Å². The van der Waals surface area contributed by atoms with Gasteiger partial charge in [0, 0.05) is 15.9 Å². The summed E-state index contributed by atoms with van der Waals surface area (Å²) < 4.78 is 22.3. The van der Waals surface area contributed by atoms with E-state index in [0.717, 1.165) is 0 Å². The molecule has 0 unspecified atom stereocenters. The summed E-state index contributed by atoms with van der Waals surface area (Å²) >= 11 is 1.61. The average Bonchev–Trinajstić information content (AvgIpc) is 1.31. The van der Waals surface area contributed by atoms with Gasteiger partial charge in [-0.15, -0.1) is 0 Å². The van der Waals surface area contributed by atoms with Crippen molar-refractivity contribution in [2.24, 2.45) is 0 Å². The normalized spacial score (nSPS) is 8.78. The van der Waals surface area contributed by atoms with Crippen molar-refractivity contribution in [3.05, 3.63) is 0 Å². The number of carboxylic acids is 1. The standard InChI is InChI=1S/C2HBrF2O2.K.Na.2H/c3-2(4,5)1(6)7;;;;/h(H,6,7);;;;/q;2*+1;2*-1. The Morgan fingerprint density at radius 2 is 1.78 bits per heavy atom. The van der Waals surface area contributed by atoms with E-state index in [2.05, 4.69) is 0 Å². The van der Waals surface area contributed by atoms with Crippen molar-refractivity contribution in [3.8, 4) is 0 Å². The molecule has 0 bridgehead atoms. The third kappa shape index (κ3) is 10.4. The molecule has 46 valence electrons. The number of hydrogen-bond donors (Lipinski definition) is 1. The van der Waals surface area contributed by atoms with E-state index in [1.807, 2.05) is 0 Å². The fourth-order valence-corrected chi connectivity index (χ4v) is 0. The zero-order chi connectivity index (χ0) is 6.08. The summed E-state index contributed by atoms with van der Waals surface area (Å²) in [6, 6.07) is 0. The zero-order valence-electron chi connectivity index (χ0n) is 6.99. The van der Waals surface area contributed by atoms with E-state index in [1.165, 1.54) is 0 Å². The average molecular weight is 239 g/mol. The Kier molecular flexibility index (Phi) is 13.8.